The van der Waals surface area contributed by atoms with Crippen molar-refractivity contribution in [2.45, 2.75) is 0 Å². The molecule has 0 amide bonds. The SMILES string of the molecule is N.N.O=NO.[Zn]. The third-order valence-corrected chi connectivity index (χ3v) is 0. The molecule has 0 aromatic carbocycles. The van der Waals surface area contributed by atoms with Crippen LogP contribution in [0.5, 0.6) is 0 Å². The van der Waals surface area contributed by atoms with E-state index in [4.69, 9.17) is 10.1 Å². The fourth-order valence-corrected chi connectivity index (χ4v) is 0. The number of nitrogens with zero attached hydrogens (tertiary/aromatic N) is 1. The molecule has 0 aliphatic rings. The van der Waals surface area contributed by atoms with Crippen molar-refractivity contribution >= 4 is 0 Å². The molecule has 36 valence electrons. The summed E-state index contributed by atoms with van der Waals surface area (Å²) in [5.74, 6) is 0. The van der Waals surface area contributed by atoms with Crippen molar-refractivity contribution in [3.05, 3.63) is 4.91 Å². The topological polar surface area (TPSA) is 120 Å². The van der Waals surface area contributed by atoms with Gasteiger partial charge in [-0.05, 0) is 0 Å². The van der Waals surface area contributed by atoms with Gasteiger partial charge in [-0.1, -0.05) is 0 Å². The summed E-state index contributed by atoms with van der Waals surface area (Å²) < 4.78 is 0. The third kappa shape index (κ3) is 10700. The second-order valence-corrected chi connectivity index (χ2v) is 0.0816. The molecule has 0 heterocycles. The fraction of sp³-hybridized carbons (Fsp3) is 0. The molecule has 7 N–H and O–H groups in total. The van der Waals surface area contributed by atoms with Crippen LogP contribution in [0.4, 0.5) is 0 Å². The van der Waals surface area contributed by atoms with E-state index >= 15 is 0 Å². The summed E-state index contributed by atoms with van der Waals surface area (Å²) in [6.07, 6.45) is 0. The normalized spacial score (nSPS) is 2.00. The van der Waals surface area contributed by atoms with Crippen LogP contribution < -0.4 is 12.3 Å². The van der Waals surface area contributed by atoms with Crippen molar-refractivity contribution < 1.29 is 24.7 Å². The van der Waals surface area contributed by atoms with Gasteiger partial charge in [0.2, 0.25) is 0 Å². The summed E-state index contributed by atoms with van der Waals surface area (Å²) in [5.41, 5.74) is 0. The van der Waals surface area contributed by atoms with E-state index in [0.29, 0.717) is 0 Å². The molecular formula is H7N3O2Zn. The summed E-state index contributed by atoms with van der Waals surface area (Å²) in [7, 11) is 0. The van der Waals surface area contributed by atoms with E-state index in [2.05, 4.69) is 0 Å². The maximum absolute atomic E-state index is 8.11. The summed E-state index contributed by atoms with van der Waals surface area (Å²) in [5, 5.41) is 7.89. The van der Waals surface area contributed by atoms with Gasteiger partial charge in [-0.25, -0.2) is 0 Å². The standard InChI is InChI=1S/HNO2.2H3N.Zn/c2-1-3;;;/h(H,2,3);2*1H3;. The third-order valence-electron chi connectivity index (χ3n) is 0. The molecular weight excluding hydrogens is 139 g/mol. The molecule has 0 spiro atoms. The molecule has 0 aromatic rings. The molecule has 0 aliphatic carbocycles. The van der Waals surface area contributed by atoms with E-state index in [1.54, 1.807) is 0 Å². The van der Waals surface area contributed by atoms with Gasteiger partial charge in [0.1, 0.15) is 0 Å². The van der Waals surface area contributed by atoms with Crippen molar-refractivity contribution in [1.29, 1.82) is 0 Å². The van der Waals surface area contributed by atoms with Crippen LogP contribution in [0.3, 0.4) is 0 Å². The first-order valence-corrected chi connectivity index (χ1v) is 0.383. The maximum atomic E-state index is 8.11. The molecule has 0 atom stereocenters. The quantitative estimate of drug-likeness (QED) is 0.261. The van der Waals surface area contributed by atoms with Gasteiger partial charge in [0.05, 0.1) is 0 Å². The van der Waals surface area contributed by atoms with E-state index in [-0.39, 0.29) is 31.8 Å². The maximum Gasteiger partial charge on any atom is 0.152 e. The zero-order valence-corrected chi connectivity index (χ0v) is 6.39. The monoisotopic (exact) mass is 145 g/mol. The van der Waals surface area contributed by atoms with Crippen LogP contribution >= 0.6 is 0 Å². The molecule has 6 heteroatoms. The van der Waals surface area contributed by atoms with Crippen LogP contribution in [0.2, 0.25) is 0 Å². The predicted octanol–water partition coefficient (Wildman–Crippen LogP) is 0.463. The van der Waals surface area contributed by atoms with Crippen LogP contribution in [0.1, 0.15) is 0 Å². The Morgan fingerprint density at radius 3 is 1.33 bits per heavy atom. The second kappa shape index (κ2) is 86.4. The van der Waals surface area contributed by atoms with Crippen molar-refractivity contribution in [3.63, 3.8) is 0 Å². The minimum absolute atomic E-state index is 0. The van der Waals surface area contributed by atoms with Gasteiger partial charge in [0, 0.05) is 19.5 Å². The van der Waals surface area contributed by atoms with Gasteiger partial charge in [-0.2, -0.15) is 0 Å². The summed E-state index contributed by atoms with van der Waals surface area (Å²) in [6, 6.07) is 0. The van der Waals surface area contributed by atoms with Crippen molar-refractivity contribution in [1.82, 2.24) is 12.3 Å². The van der Waals surface area contributed by atoms with Crippen LogP contribution in [0.15, 0.2) is 5.34 Å². The molecule has 0 saturated heterocycles. The van der Waals surface area contributed by atoms with Gasteiger partial charge < -0.3 is 17.5 Å². The Balaban J connectivity index is -0.00000000667. The Bertz CT molecular complexity index is 16.3. The first-order valence-electron chi connectivity index (χ1n) is 0.383. The Morgan fingerprint density at radius 1 is 1.33 bits per heavy atom. The van der Waals surface area contributed by atoms with E-state index in [1.807, 2.05) is 0 Å². The molecule has 0 rings (SSSR count). The van der Waals surface area contributed by atoms with Crippen LogP contribution in [-0.4, -0.2) is 5.21 Å². The average molecular weight is 146 g/mol. The predicted molar refractivity (Wildman–Crippen MR) is 17.6 cm³/mol. The molecule has 0 aromatic heterocycles. The largest absolute Gasteiger partial charge is 0.379 e. The summed E-state index contributed by atoms with van der Waals surface area (Å²) >= 11 is 0. The van der Waals surface area contributed by atoms with Gasteiger partial charge in [0.15, 0.2) is 5.34 Å². The van der Waals surface area contributed by atoms with Crippen molar-refractivity contribution in [3.8, 4) is 0 Å². The molecule has 0 saturated carbocycles. The van der Waals surface area contributed by atoms with Crippen molar-refractivity contribution in [2.75, 3.05) is 0 Å². The van der Waals surface area contributed by atoms with E-state index in [0.717, 1.165) is 0 Å². The van der Waals surface area contributed by atoms with E-state index < -0.39 is 0 Å². The fourth-order valence-electron chi connectivity index (χ4n) is 0. The molecule has 0 unspecified atom stereocenters. The number of hydrogen-bond donors (Lipinski definition) is 3. The average Bonchev–Trinajstić information content (AvgIpc) is 0.918. The summed E-state index contributed by atoms with van der Waals surface area (Å²) in [6.45, 7) is 0. The van der Waals surface area contributed by atoms with Gasteiger partial charge in [-0.15, -0.1) is 4.91 Å². The molecule has 0 aliphatic heterocycles. The van der Waals surface area contributed by atoms with E-state index in [1.165, 1.54) is 5.34 Å². The van der Waals surface area contributed by atoms with Crippen LogP contribution in [0.25, 0.3) is 0 Å². The Labute approximate surface area is 48.0 Å². The molecule has 0 radical (unpaired) electrons. The molecule has 0 bridgehead atoms. The smallest absolute Gasteiger partial charge is 0.152 e. The van der Waals surface area contributed by atoms with Gasteiger partial charge in [0.25, 0.3) is 0 Å². The summed E-state index contributed by atoms with van der Waals surface area (Å²) in [4.78, 5) is 8.11. The molecule has 6 heavy (non-hydrogen) atoms. The zero-order chi connectivity index (χ0) is 2.71. The Kier molecular flexibility index (Phi) is 554. The number of rotatable bonds is 0. The van der Waals surface area contributed by atoms with Crippen molar-refractivity contribution in [2.24, 2.45) is 5.34 Å². The van der Waals surface area contributed by atoms with E-state index in [9.17, 15) is 0 Å². The Hall–Kier alpha value is -0.0566. The first kappa shape index (κ1) is 38.5. The minimum Gasteiger partial charge on any atom is -0.379 e. The molecule has 5 nitrogen and oxygen atoms in total. The first-order chi connectivity index (χ1) is 1.41. The van der Waals surface area contributed by atoms with Gasteiger partial charge in [-0.3, -0.25) is 0 Å². The minimum atomic E-state index is 0. The van der Waals surface area contributed by atoms with Crippen LogP contribution in [0, 0.1) is 4.91 Å². The van der Waals surface area contributed by atoms with Crippen LogP contribution in [-0.2, 0) is 19.5 Å². The zero-order valence-electron chi connectivity index (χ0n) is 3.42. The second-order valence-electron chi connectivity index (χ2n) is 0.0816. The molecule has 0 fully saturated rings. The Morgan fingerprint density at radius 2 is 1.33 bits per heavy atom. The number of hydrogen-bond acceptors (Lipinski definition) is 4. The van der Waals surface area contributed by atoms with Gasteiger partial charge >= 0.3 is 0 Å².